The van der Waals surface area contributed by atoms with Gasteiger partial charge in [-0.05, 0) is 30.5 Å². The highest BCUT2D eigenvalue weighted by Gasteiger charge is 2.35. The molecule has 2 heterocycles. The van der Waals surface area contributed by atoms with Crippen LogP contribution in [0.25, 0.3) is 0 Å². The molecule has 1 aromatic heterocycles. The van der Waals surface area contributed by atoms with Crippen LogP contribution >= 0.6 is 0 Å². The van der Waals surface area contributed by atoms with Gasteiger partial charge in [0.2, 0.25) is 11.2 Å². The van der Waals surface area contributed by atoms with Crippen molar-refractivity contribution in [1.82, 2.24) is 5.32 Å². The Morgan fingerprint density at radius 1 is 1.15 bits per heavy atom. The van der Waals surface area contributed by atoms with E-state index in [0.717, 1.165) is 36.5 Å². The van der Waals surface area contributed by atoms with Crippen molar-refractivity contribution >= 4 is 5.91 Å². The number of hydrogen-bond donors (Lipinski definition) is 1. The quantitative estimate of drug-likeness (QED) is 0.835. The monoisotopic (exact) mass is 373 g/mol. The number of methoxy groups -OCH3 is 2. The molecule has 1 aromatic carbocycles. The van der Waals surface area contributed by atoms with Gasteiger partial charge >= 0.3 is 0 Å². The zero-order valence-electron chi connectivity index (χ0n) is 15.4. The zero-order valence-corrected chi connectivity index (χ0v) is 15.4. The number of benzene rings is 1. The van der Waals surface area contributed by atoms with Gasteiger partial charge < -0.3 is 23.9 Å². The summed E-state index contributed by atoms with van der Waals surface area (Å²) in [6.07, 6.45) is 2.71. The summed E-state index contributed by atoms with van der Waals surface area (Å²) >= 11 is 0. The van der Waals surface area contributed by atoms with Gasteiger partial charge in [-0.25, -0.2) is 0 Å². The van der Waals surface area contributed by atoms with Crippen LogP contribution in [-0.2, 0) is 10.2 Å². The van der Waals surface area contributed by atoms with Crippen molar-refractivity contribution in [2.75, 3.05) is 34.0 Å². The molecule has 1 aliphatic heterocycles. The Labute approximate surface area is 157 Å². The topological polar surface area (TPSA) is 87.0 Å². The second kappa shape index (κ2) is 8.26. The summed E-state index contributed by atoms with van der Waals surface area (Å²) in [4.78, 5) is 24.3. The third kappa shape index (κ3) is 4.14. The first-order valence-corrected chi connectivity index (χ1v) is 8.75. The molecule has 1 N–H and O–H groups in total. The van der Waals surface area contributed by atoms with Gasteiger partial charge in [0.1, 0.15) is 12.0 Å². The van der Waals surface area contributed by atoms with E-state index in [-0.39, 0.29) is 16.9 Å². The van der Waals surface area contributed by atoms with Gasteiger partial charge in [0.25, 0.3) is 5.91 Å². The average Bonchev–Trinajstić information content (AvgIpc) is 2.72. The van der Waals surface area contributed by atoms with Crippen molar-refractivity contribution in [2.45, 2.75) is 18.3 Å². The second-order valence-electron chi connectivity index (χ2n) is 6.48. The fraction of sp³-hybridized carbons (Fsp3) is 0.400. The number of amides is 1. The summed E-state index contributed by atoms with van der Waals surface area (Å²) in [6, 6.07) is 9.00. The van der Waals surface area contributed by atoms with Gasteiger partial charge in [0.05, 0.1) is 14.2 Å². The molecule has 0 unspecified atom stereocenters. The van der Waals surface area contributed by atoms with Crippen LogP contribution in [-0.4, -0.2) is 39.9 Å². The highest BCUT2D eigenvalue weighted by molar-refractivity contribution is 5.91. The Kier molecular flexibility index (Phi) is 5.81. The maximum absolute atomic E-state index is 12.5. The maximum Gasteiger partial charge on any atom is 0.287 e. The lowest BCUT2D eigenvalue weighted by Crippen LogP contribution is -2.44. The molecule has 0 spiro atoms. The lowest BCUT2D eigenvalue weighted by Gasteiger charge is -2.38. The molecule has 7 heteroatoms. The Morgan fingerprint density at radius 2 is 1.85 bits per heavy atom. The summed E-state index contributed by atoms with van der Waals surface area (Å²) in [5.41, 5.74) is 0.473. The standard InChI is InChI=1S/C20H23NO6/c1-24-15-5-3-14(4-6-15)20(7-9-26-10-8-20)13-21-19(23)17-11-16(22)18(25-2)12-27-17/h3-6,11-12H,7-10,13H2,1-2H3,(H,21,23). The number of rotatable bonds is 6. The van der Waals surface area contributed by atoms with Crippen LogP contribution in [0.3, 0.4) is 0 Å². The molecule has 0 atom stereocenters. The highest BCUT2D eigenvalue weighted by atomic mass is 16.5. The van der Waals surface area contributed by atoms with Crippen molar-refractivity contribution < 1.29 is 23.4 Å². The average molecular weight is 373 g/mol. The molecule has 1 amide bonds. The van der Waals surface area contributed by atoms with Gasteiger partial charge in [0, 0.05) is 31.2 Å². The predicted molar refractivity (Wildman–Crippen MR) is 98.6 cm³/mol. The Hall–Kier alpha value is -2.80. The first-order chi connectivity index (χ1) is 13.1. The molecule has 0 aliphatic carbocycles. The molecule has 1 aliphatic rings. The van der Waals surface area contributed by atoms with Crippen LogP contribution < -0.4 is 20.2 Å². The third-order valence-corrected chi connectivity index (χ3v) is 4.98. The van der Waals surface area contributed by atoms with E-state index in [4.69, 9.17) is 18.6 Å². The number of carbonyl (C=O) groups is 1. The van der Waals surface area contributed by atoms with Crippen LogP contribution in [0, 0.1) is 0 Å². The van der Waals surface area contributed by atoms with E-state index < -0.39 is 11.3 Å². The van der Waals surface area contributed by atoms with Crippen molar-refractivity contribution in [3.8, 4) is 11.5 Å². The minimum atomic E-state index is -0.436. The summed E-state index contributed by atoms with van der Waals surface area (Å²) in [5.74, 6) is 0.363. The smallest absolute Gasteiger partial charge is 0.287 e. The fourth-order valence-electron chi connectivity index (χ4n) is 3.28. The molecule has 0 radical (unpaired) electrons. The van der Waals surface area contributed by atoms with Crippen LogP contribution in [0.5, 0.6) is 11.5 Å². The second-order valence-corrected chi connectivity index (χ2v) is 6.48. The number of ether oxygens (including phenoxy) is 3. The van der Waals surface area contributed by atoms with Gasteiger partial charge in [-0.2, -0.15) is 0 Å². The minimum Gasteiger partial charge on any atom is -0.497 e. The van der Waals surface area contributed by atoms with Gasteiger partial charge in [-0.3, -0.25) is 9.59 Å². The van der Waals surface area contributed by atoms with Crippen molar-refractivity contribution in [1.29, 1.82) is 0 Å². The zero-order chi connectivity index (χ0) is 19.3. The molecule has 1 saturated heterocycles. The van der Waals surface area contributed by atoms with Crippen molar-refractivity contribution in [3.05, 3.63) is 58.1 Å². The third-order valence-electron chi connectivity index (χ3n) is 4.98. The molecule has 3 rings (SSSR count). The normalized spacial score (nSPS) is 15.8. The molecular formula is C20H23NO6. The van der Waals surface area contributed by atoms with Gasteiger partial charge in [0.15, 0.2) is 5.76 Å². The lowest BCUT2D eigenvalue weighted by atomic mass is 9.74. The summed E-state index contributed by atoms with van der Waals surface area (Å²) in [5, 5.41) is 2.90. The van der Waals surface area contributed by atoms with Crippen LogP contribution in [0.15, 0.2) is 45.8 Å². The van der Waals surface area contributed by atoms with E-state index in [2.05, 4.69) is 5.32 Å². The molecule has 0 bridgehead atoms. The van der Waals surface area contributed by atoms with Gasteiger partial charge in [-0.1, -0.05) is 12.1 Å². The largest absolute Gasteiger partial charge is 0.497 e. The predicted octanol–water partition coefficient (Wildman–Crippen LogP) is 2.14. The summed E-state index contributed by atoms with van der Waals surface area (Å²) in [6.45, 7) is 1.66. The molecule has 7 nitrogen and oxygen atoms in total. The Bertz CT molecular complexity index is 836. The van der Waals surface area contributed by atoms with Crippen molar-refractivity contribution in [3.63, 3.8) is 0 Å². The highest BCUT2D eigenvalue weighted by Crippen LogP contribution is 2.35. The Balaban J connectivity index is 1.77. The summed E-state index contributed by atoms with van der Waals surface area (Å²) in [7, 11) is 3.00. The lowest BCUT2D eigenvalue weighted by molar-refractivity contribution is 0.0484. The van der Waals surface area contributed by atoms with E-state index >= 15 is 0 Å². The first-order valence-electron chi connectivity index (χ1n) is 8.75. The number of nitrogens with one attached hydrogen (secondary N) is 1. The molecule has 27 heavy (non-hydrogen) atoms. The van der Waals surface area contributed by atoms with E-state index in [1.165, 1.54) is 7.11 Å². The van der Waals surface area contributed by atoms with E-state index in [9.17, 15) is 9.59 Å². The summed E-state index contributed by atoms with van der Waals surface area (Å²) < 4.78 is 20.8. The first kappa shape index (κ1) is 19.0. The Morgan fingerprint density at radius 3 is 2.44 bits per heavy atom. The minimum absolute atomic E-state index is 0.0438. The van der Waals surface area contributed by atoms with Crippen LogP contribution in [0.2, 0.25) is 0 Å². The number of carbonyl (C=O) groups excluding carboxylic acids is 1. The van der Waals surface area contributed by atoms with Crippen LogP contribution in [0.1, 0.15) is 29.0 Å². The number of hydrogen-bond acceptors (Lipinski definition) is 6. The van der Waals surface area contributed by atoms with Crippen LogP contribution in [0.4, 0.5) is 0 Å². The molecular weight excluding hydrogens is 350 g/mol. The van der Waals surface area contributed by atoms with Gasteiger partial charge in [-0.15, -0.1) is 0 Å². The van der Waals surface area contributed by atoms with E-state index in [0.29, 0.717) is 19.8 Å². The SMILES string of the molecule is COc1ccc(C2(CNC(=O)c3cc(=O)c(OC)co3)CCOCC2)cc1. The fourth-order valence-corrected chi connectivity index (χ4v) is 3.28. The molecule has 2 aromatic rings. The van der Waals surface area contributed by atoms with Crippen molar-refractivity contribution in [2.24, 2.45) is 0 Å². The molecule has 1 fully saturated rings. The van der Waals surface area contributed by atoms with E-state index in [1.807, 2.05) is 24.3 Å². The maximum atomic E-state index is 12.5. The molecule has 144 valence electrons. The van der Waals surface area contributed by atoms with E-state index in [1.54, 1.807) is 7.11 Å². The molecule has 0 saturated carbocycles.